The number of benzene rings is 1. The number of halogens is 1. The van der Waals surface area contributed by atoms with Gasteiger partial charge in [-0.05, 0) is 44.4 Å². The molecule has 2 amide bonds. The van der Waals surface area contributed by atoms with Crippen molar-refractivity contribution >= 4 is 24.2 Å². The monoisotopic (exact) mass is 369 g/mol. The molecule has 0 heterocycles. The van der Waals surface area contributed by atoms with E-state index in [0.29, 0.717) is 11.8 Å². The molecule has 1 aromatic rings. The van der Waals surface area contributed by atoms with Crippen molar-refractivity contribution in [2.75, 3.05) is 6.61 Å². The minimum Gasteiger partial charge on any atom is -0.484 e. The Labute approximate surface area is 155 Å². The van der Waals surface area contributed by atoms with Crippen LogP contribution in [0.4, 0.5) is 0 Å². The van der Waals surface area contributed by atoms with Gasteiger partial charge in [0.1, 0.15) is 5.75 Å². The molecule has 1 aromatic carbocycles. The second-order valence-electron chi connectivity index (χ2n) is 6.58. The van der Waals surface area contributed by atoms with E-state index in [1.807, 2.05) is 32.9 Å². The van der Waals surface area contributed by atoms with Gasteiger partial charge in [-0.25, -0.2) is 0 Å². The maximum Gasteiger partial charge on any atom is 0.258 e. The topological polar surface area (TPSA) is 93.5 Å². The maximum atomic E-state index is 12.0. The number of hydrogen-bond donors (Lipinski definition) is 3. The molecule has 140 valence electrons. The molecule has 0 bridgehead atoms. The Morgan fingerprint density at radius 3 is 2.32 bits per heavy atom. The Hall–Kier alpha value is -1.79. The van der Waals surface area contributed by atoms with Crippen LogP contribution in [-0.4, -0.2) is 30.5 Å². The molecule has 0 saturated heterocycles. The standard InChI is InChI=1S/C18H27N3O3.ClH/c1-11(12(2)19)18(23)20-13(3)14-4-8-16(9-5-14)24-10-17(22)21-15-6-7-15;/h4-5,8-9,11-13,15H,6-7,10,19H2,1-3H3,(H,20,23)(H,21,22);1H. The largest absolute Gasteiger partial charge is 0.484 e. The van der Waals surface area contributed by atoms with Crippen LogP contribution in [0.5, 0.6) is 5.75 Å². The quantitative estimate of drug-likeness (QED) is 0.652. The predicted molar refractivity (Wildman–Crippen MR) is 99.7 cm³/mol. The zero-order valence-electron chi connectivity index (χ0n) is 15.0. The van der Waals surface area contributed by atoms with Crippen molar-refractivity contribution in [2.45, 2.75) is 51.7 Å². The molecule has 1 fully saturated rings. The molecule has 0 aliphatic heterocycles. The summed E-state index contributed by atoms with van der Waals surface area (Å²) in [6.07, 6.45) is 2.12. The summed E-state index contributed by atoms with van der Waals surface area (Å²) in [5, 5.41) is 5.82. The number of rotatable bonds is 8. The van der Waals surface area contributed by atoms with Crippen molar-refractivity contribution in [3.63, 3.8) is 0 Å². The number of carbonyl (C=O) groups excluding carboxylic acids is 2. The van der Waals surface area contributed by atoms with Gasteiger partial charge in [-0.2, -0.15) is 0 Å². The molecular formula is C18H28ClN3O3. The summed E-state index contributed by atoms with van der Waals surface area (Å²) in [5.74, 6) is 0.244. The summed E-state index contributed by atoms with van der Waals surface area (Å²) in [4.78, 5) is 23.6. The van der Waals surface area contributed by atoms with Gasteiger partial charge in [-0.3, -0.25) is 9.59 Å². The van der Waals surface area contributed by atoms with Crippen molar-refractivity contribution in [3.8, 4) is 5.75 Å². The van der Waals surface area contributed by atoms with Crippen molar-refractivity contribution in [1.29, 1.82) is 0 Å². The summed E-state index contributed by atoms with van der Waals surface area (Å²) >= 11 is 0. The third-order valence-corrected chi connectivity index (χ3v) is 4.25. The molecule has 25 heavy (non-hydrogen) atoms. The van der Waals surface area contributed by atoms with E-state index < -0.39 is 0 Å². The Bertz CT molecular complexity index is 573. The van der Waals surface area contributed by atoms with Gasteiger partial charge in [0, 0.05) is 18.0 Å². The van der Waals surface area contributed by atoms with Gasteiger partial charge in [0.2, 0.25) is 5.91 Å². The zero-order chi connectivity index (χ0) is 17.7. The van der Waals surface area contributed by atoms with Crippen LogP contribution in [0.25, 0.3) is 0 Å². The zero-order valence-corrected chi connectivity index (χ0v) is 15.8. The van der Waals surface area contributed by atoms with E-state index in [2.05, 4.69) is 10.6 Å². The molecule has 6 nitrogen and oxygen atoms in total. The Morgan fingerprint density at radius 1 is 1.20 bits per heavy atom. The molecule has 2 rings (SSSR count). The van der Waals surface area contributed by atoms with Gasteiger partial charge in [-0.15, -0.1) is 12.4 Å². The van der Waals surface area contributed by atoms with E-state index in [-0.39, 0.29) is 48.8 Å². The second kappa shape index (κ2) is 9.63. The minimum atomic E-state index is -0.236. The smallest absolute Gasteiger partial charge is 0.258 e. The average molecular weight is 370 g/mol. The minimum absolute atomic E-state index is 0. The second-order valence-corrected chi connectivity index (χ2v) is 6.58. The normalized spacial score (nSPS) is 16.8. The molecule has 1 aliphatic rings. The molecular weight excluding hydrogens is 342 g/mol. The average Bonchev–Trinajstić information content (AvgIpc) is 3.36. The first-order valence-electron chi connectivity index (χ1n) is 8.45. The highest BCUT2D eigenvalue weighted by Crippen LogP contribution is 2.20. The molecule has 0 radical (unpaired) electrons. The lowest BCUT2D eigenvalue weighted by atomic mass is 10.0. The summed E-state index contributed by atoms with van der Waals surface area (Å²) < 4.78 is 5.47. The van der Waals surface area contributed by atoms with E-state index in [9.17, 15) is 9.59 Å². The van der Waals surface area contributed by atoms with Crippen LogP contribution in [-0.2, 0) is 9.59 Å². The SMILES string of the molecule is CC(NC(=O)C(C)C(C)N)c1ccc(OCC(=O)NC2CC2)cc1.Cl. The van der Waals surface area contributed by atoms with Crippen LogP contribution in [0.15, 0.2) is 24.3 Å². The lowest BCUT2D eigenvalue weighted by Crippen LogP contribution is -2.39. The summed E-state index contributed by atoms with van der Waals surface area (Å²) in [6, 6.07) is 7.41. The van der Waals surface area contributed by atoms with Gasteiger partial charge in [0.15, 0.2) is 6.61 Å². The molecule has 1 saturated carbocycles. The Morgan fingerprint density at radius 2 is 1.80 bits per heavy atom. The molecule has 3 unspecified atom stereocenters. The lowest BCUT2D eigenvalue weighted by molar-refractivity contribution is -0.125. The van der Waals surface area contributed by atoms with E-state index in [1.54, 1.807) is 12.1 Å². The molecule has 4 N–H and O–H groups in total. The first kappa shape index (κ1) is 21.3. The van der Waals surface area contributed by atoms with Crippen molar-refractivity contribution in [3.05, 3.63) is 29.8 Å². The Balaban J connectivity index is 0.00000312. The van der Waals surface area contributed by atoms with Crippen LogP contribution in [0.3, 0.4) is 0 Å². The van der Waals surface area contributed by atoms with E-state index >= 15 is 0 Å². The molecule has 1 aliphatic carbocycles. The highest BCUT2D eigenvalue weighted by atomic mass is 35.5. The van der Waals surface area contributed by atoms with Gasteiger partial charge in [0.05, 0.1) is 6.04 Å². The van der Waals surface area contributed by atoms with Crippen molar-refractivity contribution < 1.29 is 14.3 Å². The van der Waals surface area contributed by atoms with Gasteiger partial charge in [-0.1, -0.05) is 19.1 Å². The highest BCUT2D eigenvalue weighted by Gasteiger charge is 2.23. The number of nitrogens with two attached hydrogens (primary N) is 1. The highest BCUT2D eigenvalue weighted by molar-refractivity contribution is 5.85. The summed E-state index contributed by atoms with van der Waals surface area (Å²) in [6.45, 7) is 5.58. The first-order valence-corrected chi connectivity index (χ1v) is 8.45. The van der Waals surface area contributed by atoms with Crippen molar-refractivity contribution in [2.24, 2.45) is 11.7 Å². The Kier molecular flexibility index (Phi) is 8.19. The first-order chi connectivity index (χ1) is 11.4. The van der Waals surface area contributed by atoms with Gasteiger partial charge < -0.3 is 21.1 Å². The number of carbonyl (C=O) groups is 2. The number of nitrogens with one attached hydrogen (secondary N) is 2. The predicted octanol–water partition coefficient (Wildman–Crippen LogP) is 1.93. The fourth-order valence-electron chi connectivity index (χ4n) is 2.17. The van der Waals surface area contributed by atoms with E-state index in [1.165, 1.54) is 0 Å². The molecule has 7 heteroatoms. The third kappa shape index (κ3) is 6.92. The van der Waals surface area contributed by atoms with Gasteiger partial charge in [0.25, 0.3) is 5.91 Å². The molecule has 0 spiro atoms. The third-order valence-electron chi connectivity index (χ3n) is 4.25. The van der Waals surface area contributed by atoms with Crippen LogP contribution in [0.1, 0.15) is 45.2 Å². The van der Waals surface area contributed by atoms with Gasteiger partial charge >= 0.3 is 0 Å². The van der Waals surface area contributed by atoms with Crippen LogP contribution < -0.4 is 21.1 Å². The molecule has 3 atom stereocenters. The number of hydrogen-bond acceptors (Lipinski definition) is 4. The summed E-state index contributed by atoms with van der Waals surface area (Å²) in [5.41, 5.74) is 6.72. The van der Waals surface area contributed by atoms with Crippen LogP contribution in [0, 0.1) is 5.92 Å². The van der Waals surface area contributed by atoms with Crippen LogP contribution >= 0.6 is 12.4 Å². The number of ether oxygens (including phenoxy) is 1. The summed E-state index contributed by atoms with van der Waals surface area (Å²) in [7, 11) is 0. The fraction of sp³-hybridized carbons (Fsp3) is 0.556. The van der Waals surface area contributed by atoms with E-state index in [0.717, 1.165) is 18.4 Å². The van der Waals surface area contributed by atoms with Crippen LogP contribution in [0.2, 0.25) is 0 Å². The number of amides is 2. The van der Waals surface area contributed by atoms with Crippen molar-refractivity contribution in [1.82, 2.24) is 10.6 Å². The maximum absolute atomic E-state index is 12.0. The molecule has 0 aromatic heterocycles. The lowest BCUT2D eigenvalue weighted by Gasteiger charge is -2.20. The fourth-order valence-corrected chi connectivity index (χ4v) is 2.17. The van der Waals surface area contributed by atoms with E-state index in [4.69, 9.17) is 10.5 Å².